The molecule has 3 amide bonds. The number of urea groups is 1. The lowest BCUT2D eigenvalue weighted by atomic mass is 10.1. The number of imide groups is 1. The fourth-order valence-electron chi connectivity index (χ4n) is 3.04. The minimum absolute atomic E-state index is 0.298. The van der Waals surface area contributed by atoms with Gasteiger partial charge in [0.1, 0.15) is 0 Å². The Labute approximate surface area is 162 Å². The molecule has 27 heavy (non-hydrogen) atoms. The highest BCUT2D eigenvalue weighted by Crippen LogP contribution is 2.18. The number of aromatic nitrogens is 2. The Hall–Kier alpha value is -2.68. The first-order valence-corrected chi connectivity index (χ1v) is 9.07. The van der Waals surface area contributed by atoms with Gasteiger partial charge in [0.25, 0.3) is 5.91 Å². The van der Waals surface area contributed by atoms with E-state index in [1.165, 1.54) is 11.9 Å². The molecule has 9 nitrogen and oxygen atoms in total. The van der Waals surface area contributed by atoms with E-state index in [0.717, 1.165) is 17.9 Å². The Bertz CT molecular complexity index is 824. The number of fused-ring (bicyclic) bond motifs is 1. The van der Waals surface area contributed by atoms with Crippen molar-refractivity contribution in [3.8, 4) is 0 Å². The van der Waals surface area contributed by atoms with Gasteiger partial charge < -0.3 is 4.57 Å². The summed E-state index contributed by atoms with van der Waals surface area (Å²) < 4.78 is 3.83. The number of imidazole rings is 1. The highest BCUT2D eigenvalue weighted by Gasteiger charge is 2.51. The molecule has 0 bridgehead atoms. The number of hydrogen-bond donors (Lipinski definition) is 1. The Morgan fingerprint density at radius 1 is 1.37 bits per heavy atom. The molecule has 0 radical (unpaired) electrons. The smallest absolute Gasteiger partial charge is 0.337 e. The Morgan fingerprint density at radius 2 is 2.15 bits per heavy atom. The number of carbonyl (C=O) groups excluding carboxylic acids is 2. The summed E-state index contributed by atoms with van der Waals surface area (Å²) in [6.07, 6.45) is 8.10. The SMILES string of the molecule is C/C(Cl)=C\C[N+]1=C(NCCCn2ccnc2)N=C2C1C(=O)N(C)C(=O)N2C. The zero-order valence-corrected chi connectivity index (χ0v) is 16.3. The summed E-state index contributed by atoms with van der Waals surface area (Å²) >= 11 is 5.98. The van der Waals surface area contributed by atoms with E-state index < -0.39 is 6.04 Å². The topological polar surface area (TPSA) is 85.8 Å². The zero-order valence-electron chi connectivity index (χ0n) is 15.6. The highest BCUT2D eigenvalue weighted by molar-refractivity contribution is 6.29. The van der Waals surface area contributed by atoms with Gasteiger partial charge in [-0.15, -0.1) is 0 Å². The van der Waals surface area contributed by atoms with Crippen LogP contribution in [0, 0.1) is 0 Å². The molecule has 3 rings (SSSR count). The summed E-state index contributed by atoms with van der Waals surface area (Å²) in [6.45, 7) is 3.68. The highest BCUT2D eigenvalue weighted by atomic mass is 35.5. The number of nitrogens with zero attached hydrogens (tertiary/aromatic N) is 6. The fourth-order valence-corrected chi connectivity index (χ4v) is 3.11. The molecule has 1 unspecified atom stereocenters. The van der Waals surface area contributed by atoms with Gasteiger partial charge in [-0.05, 0) is 19.4 Å². The van der Waals surface area contributed by atoms with Crippen LogP contribution < -0.4 is 5.32 Å². The first kappa shape index (κ1) is 19.1. The van der Waals surface area contributed by atoms with Crippen molar-refractivity contribution in [1.29, 1.82) is 0 Å². The van der Waals surface area contributed by atoms with E-state index in [4.69, 9.17) is 11.6 Å². The Kier molecular flexibility index (Phi) is 5.59. The minimum Gasteiger partial charge on any atom is -0.337 e. The molecule has 2 aliphatic rings. The quantitative estimate of drug-likeness (QED) is 0.569. The van der Waals surface area contributed by atoms with Crippen molar-refractivity contribution in [1.82, 2.24) is 24.7 Å². The van der Waals surface area contributed by atoms with Crippen molar-refractivity contribution >= 4 is 35.3 Å². The first-order chi connectivity index (χ1) is 12.9. The average Bonchev–Trinajstić information content (AvgIpc) is 3.27. The molecule has 1 atom stereocenters. The van der Waals surface area contributed by atoms with Crippen molar-refractivity contribution < 1.29 is 14.2 Å². The van der Waals surface area contributed by atoms with Gasteiger partial charge in [0, 0.05) is 38.1 Å². The number of carbonyl (C=O) groups is 2. The van der Waals surface area contributed by atoms with Crippen LogP contribution in [0.15, 0.2) is 34.8 Å². The molecular formula is C17H23ClN7O2+. The monoisotopic (exact) mass is 392 g/mol. The van der Waals surface area contributed by atoms with Crippen molar-refractivity contribution in [2.75, 3.05) is 27.2 Å². The van der Waals surface area contributed by atoms with Gasteiger partial charge in [-0.25, -0.2) is 14.4 Å². The van der Waals surface area contributed by atoms with E-state index >= 15 is 0 Å². The van der Waals surface area contributed by atoms with Crippen LogP contribution in [0.4, 0.5) is 4.79 Å². The largest absolute Gasteiger partial charge is 0.390 e. The molecule has 1 saturated heterocycles. The Morgan fingerprint density at radius 3 is 2.81 bits per heavy atom. The molecule has 0 saturated carbocycles. The number of aryl methyl sites for hydroxylation is 1. The molecule has 0 aliphatic carbocycles. The number of aliphatic imine (C=N–C) groups is 1. The van der Waals surface area contributed by atoms with E-state index in [1.807, 2.05) is 21.4 Å². The van der Waals surface area contributed by atoms with Crippen LogP contribution in [0.25, 0.3) is 0 Å². The van der Waals surface area contributed by atoms with Crippen LogP contribution in [0.3, 0.4) is 0 Å². The second-order valence-electron chi connectivity index (χ2n) is 6.46. The van der Waals surface area contributed by atoms with Gasteiger partial charge >= 0.3 is 12.0 Å². The third-order valence-electron chi connectivity index (χ3n) is 4.54. The van der Waals surface area contributed by atoms with Crippen LogP contribution in [0.2, 0.25) is 0 Å². The lowest BCUT2D eigenvalue weighted by Crippen LogP contribution is -2.61. The number of amides is 3. The van der Waals surface area contributed by atoms with E-state index in [2.05, 4.69) is 15.3 Å². The number of halogens is 1. The van der Waals surface area contributed by atoms with Crippen LogP contribution in [0.1, 0.15) is 13.3 Å². The molecule has 144 valence electrons. The number of nitrogens with one attached hydrogen (secondary N) is 1. The molecule has 3 heterocycles. The molecule has 0 aromatic carbocycles. The van der Waals surface area contributed by atoms with E-state index in [1.54, 1.807) is 26.5 Å². The van der Waals surface area contributed by atoms with Gasteiger partial charge in [0.2, 0.25) is 11.9 Å². The van der Waals surface area contributed by atoms with Crippen LogP contribution >= 0.6 is 11.6 Å². The standard InChI is InChI=1S/C17H22ClN7O2/c1-12(18)5-9-25-13-14(22(2)17(27)23(3)15(13)26)21-16(25)20-6-4-8-24-10-7-19-11-24/h5,7,10-11,13H,4,6,8-9H2,1-3H3/p+1/b12-5+. The van der Waals surface area contributed by atoms with Crippen LogP contribution in [0.5, 0.6) is 0 Å². The first-order valence-electron chi connectivity index (χ1n) is 8.69. The number of allylic oxidation sites excluding steroid dienone is 1. The van der Waals surface area contributed by atoms with Crippen molar-refractivity contribution in [3.63, 3.8) is 0 Å². The summed E-state index contributed by atoms with van der Waals surface area (Å²) in [6, 6.07) is -1.03. The molecule has 0 spiro atoms. The minimum atomic E-state index is -0.638. The predicted molar refractivity (Wildman–Crippen MR) is 102 cm³/mol. The number of hydrogen-bond acceptors (Lipinski definition) is 5. The summed E-state index contributed by atoms with van der Waals surface area (Å²) in [5.41, 5.74) is 0. The second kappa shape index (κ2) is 7.91. The van der Waals surface area contributed by atoms with E-state index in [-0.39, 0.29) is 11.9 Å². The van der Waals surface area contributed by atoms with Crippen molar-refractivity contribution in [2.45, 2.75) is 25.9 Å². The fraction of sp³-hybridized carbons (Fsp3) is 0.471. The lowest BCUT2D eigenvalue weighted by molar-refractivity contribution is -0.527. The maximum atomic E-state index is 12.7. The van der Waals surface area contributed by atoms with Crippen molar-refractivity contribution in [3.05, 3.63) is 29.8 Å². The third-order valence-corrected chi connectivity index (χ3v) is 4.69. The number of amidine groups is 1. The summed E-state index contributed by atoms with van der Waals surface area (Å²) in [7, 11) is 3.11. The van der Waals surface area contributed by atoms with Gasteiger partial charge in [-0.1, -0.05) is 16.6 Å². The molecular weight excluding hydrogens is 370 g/mol. The van der Waals surface area contributed by atoms with Gasteiger partial charge in [-0.2, -0.15) is 0 Å². The average molecular weight is 393 g/mol. The molecule has 1 N–H and O–H groups in total. The maximum Gasteiger partial charge on any atom is 0.390 e. The number of rotatable bonds is 6. The number of likely N-dealkylation sites (N-methyl/N-ethyl adjacent to an activating group) is 2. The van der Waals surface area contributed by atoms with E-state index in [0.29, 0.717) is 29.9 Å². The molecule has 1 aromatic rings. The lowest BCUT2D eigenvalue weighted by Gasteiger charge is -2.31. The maximum absolute atomic E-state index is 12.7. The normalized spacial score (nSPS) is 20.4. The number of guanidine groups is 1. The van der Waals surface area contributed by atoms with Gasteiger partial charge in [-0.3, -0.25) is 19.9 Å². The summed E-state index contributed by atoms with van der Waals surface area (Å²) in [5.74, 6) is 0.701. The van der Waals surface area contributed by atoms with Crippen molar-refractivity contribution in [2.24, 2.45) is 4.99 Å². The molecule has 1 aromatic heterocycles. The zero-order chi connectivity index (χ0) is 19.6. The van der Waals surface area contributed by atoms with Crippen LogP contribution in [-0.2, 0) is 11.3 Å². The van der Waals surface area contributed by atoms with Gasteiger partial charge in [0.05, 0.1) is 19.4 Å². The van der Waals surface area contributed by atoms with Crippen LogP contribution in [-0.4, -0.2) is 80.9 Å². The summed E-state index contributed by atoms with van der Waals surface area (Å²) in [5, 5.41) is 3.91. The molecule has 1 fully saturated rings. The Balaban J connectivity index is 1.78. The predicted octanol–water partition coefficient (Wildman–Crippen LogP) is 0.678. The molecule has 2 aliphatic heterocycles. The second-order valence-corrected chi connectivity index (χ2v) is 7.06. The summed E-state index contributed by atoms with van der Waals surface area (Å²) in [4.78, 5) is 36.0. The van der Waals surface area contributed by atoms with Gasteiger partial charge in [0.15, 0.2) is 0 Å². The third kappa shape index (κ3) is 3.87. The van der Waals surface area contributed by atoms with E-state index in [9.17, 15) is 9.59 Å². The molecule has 10 heteroatoms.